The molecule has 1 saturated heterocycles. The standard InChI is InChI=1S/C23H33NO11S/c1-12-17(10-25)35-23(19(28)20(31-2)18(12)27)34-8-6-32-5-7-33-13-3-4-14(16(26)9-13)21-24-15(11-36-21)22(29)30/h3-4,9,12,15,17-20,23,25-28H,5-8,10-11H2,1-2H3,(H,29,30). The Morgan fingerprint density at radius 3 is 2.58 bits per heavy atom. The number of phenolic OH excluding ortho intramolecular Hbond substituents is 1. The lowest BCUT2D eigenvalue weighted by atomic mass is 9.93. The summed E-state index contributed by atoms with van der Waals surface area (Å²) in [5.41, 5.74) is 0.452. The molecule has 2 aliphatic heterocycles. The van der Waals surface area contributed by atoms with Crippen LogP contribution in [0.2, 0.25) is 0 Å². The fourth-order valence-electron chi connectivity index (χ4n) is 3.85. The molecule has 5 N–H and O–H groups in total. The third kappa shape index (κ3) is 7.07. The number of aromatic hydroxyl groups is 1. The van der Waals surface area contributed by atoms with Gasteiger partial charge >= 0.3 is 5.97 Å². The molecule has 7 unspecified atom stereocenters. The Labute approximate surface area is 212 Å². The lowest BCUT2D eigenvalue weighted by molar-refractivity contribution is -0.235. The number of rotatable bonds is 12. The first-order valence-corrected chi connectivity index (χ1v) is 12.5. The molecule has 0 aromatic heterocycles. The molecule has 13 heteroatoms. The monoisotopic (exact) mass is 531 g/mol. The fourth-order valence-corrected chi connectivity index (χ4v) is 4.91. The largest absolute Gasteiger partial charge is 0.507 e. The van der Waals surface area contributed by atoms with Crippen molar-refractivity contribution in [3.8, 4) is 11.5 Å². The molecule has 0 bridgehead atoms. The third-order valence-electron chi connectivity index (χ3n) is 5.98. The quantitative estimate of drug-likeness (QED) is 0.226. The van der Waals surface area contributed by atoms with E-state index in [0.29, 0.717) is 22.1 Å². The van der Waals surface area contributed by atoms with Gasteiger partial charge in [0.25, 0.3) is 0 Å². The Bertz CT molecular complexity index is 901. The molecule has 3 rings (SSSR count). The first kappa shape index (κ1) is 28.6. The van der Waals surface area contributed by atoms with E-state index in [1.807, 2.05) is 0 Å². The van der Waals surface area contributed by atoms with Gasteiger partial charge in [0.1, 0.15) is 35.4 Å². The van der Waals surface area contributed by atoms with Gasteiger partial charge in [-0.2, -0.15) is 0 Å². The summed E-state index contributed by atoms with van der Waals surface area (Å²) in [5.74, 6) is -0.793. The Morgan fingerprint density at radius 2 is 1.94 bits per heavy atom. The highest BCUT2D eigenvalue weighted by atomic mass is 32.2. The van der Waals surface area contributed by atoms with Gasteiger partial charge < -0.3 is 49.2 Å². The zero-order valence-electron chi connectivity index (χ0n) is 20.1. The van der Waals surface area contributed by atoms with Crippen molar-refractivity contribution in [2.45, 2.75) is 43.7 Å². The van der Waals surface area contributed by atoms with Crippen LogP contribution in [0.4, 0.5) is 0 Å². The van der Waals surface area contributed by atoms with Crippen molar-refractivity contribution in [3.63, 3.8) is 0 Å². The molecule has 1 aromatic rings. The van der Waals surface area contributed by atoms with Gasteiger partial charge in [0.2, 0.25) is 0 Å². The number of methoxy groups -OCH3 is 1. The zero-order chi connectivity index (χ0) is 26.2. The van der Waals surface area contributed by atoms with Gasteiger partial charge in [0, 0.05) is 30.4 Å². The van der Waals surface area contributed by atoms with Crippen LogP contribution in [0.1, 0.15) is 12.5 Å². The van der Waals surface area contributed by atoms with Crippen molar-refractivity contribution in [3.05, 3.63) is 23.8 Å². The summed E-state index contributed by atoms with van der Waals surface area (Å²) in [6, 6.07) is 3.89. The minimum Gasteiger partial charge on any atom is -0.507 e. The molecule has 0 radical (unpaired) electrons. The minimum absolute atomic E-state index is 0.0592. The molecule has 0 spiro atoms. The number of benzene rings is 1. The van der Waals surface area contributed by atoms with Gasteiger partial charge in [-0.3, -0.25) is 4.99 Å². The fraction of sp³-hybridized carbons (Fsp3) is 0.652. The molecule has 0 amide bonds. The summed E-state index contributed by atoms with van der Waals surface area (Å²) in [6.07, 6.45) is -5.07. The van der Waals surface area contributed by atoms with E-state index in [1.165, 1.54) is 24.9 Å². The van der Waals surface area contributed by atoms with Crippen LogP contribution >= 0.6 is 11.8 Å². The average molecular weight is 532 g/mol. The van der Waals surface area contributed by atoms with Crippen LogP contribution in [0.25, 0.3) is 0 Å². The van der Waals surface area contributed by atoms with Crippen LogP contribution in [-0.2, 0) is 23.7 Å². The second-order valence-electron chi connectivity index (χ2n) is 8.38. The van der Waals surface area contributed by atoms with Crippen LogP contribution < -0.4 is 4.74 Å². The molecule has 7 atom stereocenters. The number of carboxylic acid groups (broad SMARTS) is 1. The second-order valence-corrected chi connectivity index (χ2v) is 9.38. The van der Waals surface area contributed by atoms with Gasteiger partial charge in [-0.25, -0.2) is 4.79 Å². The van der Waals surface area contributed by atoms with Crippen LogP contribution in [0.5, 0.6) is 11.5 Å². The number of aliphatic imine (C=N–C) groups is 1. The topological polar surface area (TPSA) is 177 Å². The van der Waals surface area contributed by atoms with Gasteiger partial charge in [0.15, 0.2) is 12.3 Å². The lowest BCUT2D eigenvalue weighted by Gasteiger charge is -2.28. The summed E-state index contributed by atoms with van der Waals surface area (Å²) >= 11 is 1.28. The smallest absolute Gasteiger partial charge is 0.329 e. The Hall–Kier alpha value is -1.97. The number of carboxylic acids is 1. The number of nitrogens with zero attached hydrogens (tertiary/aromatic N) is 1. The van der Waals surface area contributed by atoms with E-state index in [2.05, 4.69) is 4.99 Å². The number of aliphatic hydroxyl groups excluding tert-OH is 3. The Balaban J connectivity index is 1.39. The zero-order valence-corrected chi connectivity index (χ0v) is 20.9. The highest BCUT2D eigenvalue weighted by Crippen LogP contribution is 2.31. The molecule has 36 heavy (non-hydrogen) atoms. The summed E-state index contributed by atoms with van der Waals surface area (Å²) < 4.78 is 27.5. The van der Waals surface area contributed by atoms with Gasteiger partial charge in [-0.1, -0.05) is 6.92 Å². The van der Waals surface area contributed by atoms with Crippen LogP contribution in [0.3, 0.4) is 0 Å². The molecular formula is C23H33NO11S. The van der Waals surface area contributed by atoms with E-state index in [4.69, 9.17) is 28.8 Å². The molecule has 2 heterocycles. The summed E-state index contributed by atoms with van der Waals surface area (Å²) in [7, 11) is 1.37. The van der Waals surface area contributed by atoms with Gasteiger partial charge in [0.05, 0.1) is 38.6 Å². The van der Waals surface area contributed by atoms with Crippen molar-refractivity contribution < 1.29 is 54.0 Å². The summed E-state index contributed by atoms with van der Waals surface area (Å²) in [5, 5.41) is 50.2. The van der Waals surface area contributed by atoms with Crippen LogP contribution in [0.15, 0.2) is 23.2 Å². The second kappa shape index (κ2) is 13.5. The molecule has 2 aliphatic rings. The summed E-state index contributed by atoms with van der Waals surface area (Å²) in [6.45, 7) is 2.01. The first-order valence-electron chi connectivity index (χ1n) is 11.5. The maximum Gasteiger partial charge on any atom is 0.329 e. The number of ether oxygens (including phenoxy) is 5. The molecule has 0 aliphatic carbocycles. The number of aliphatic carboxylic acids is 1. The molecule has 12 nitrogen and oxygen atoms in total. The number of hydrogen-bond acceptors (Lipinski definition) is 12. The highest BCUT2D eigenvalue weighted by Gasteiger charge is 2.44. The van der Waals surface area contributed by atoms with E-state index in [-0.39, 0.29) is 38.8 Å². The number of aliphatic hydroxyl groups is 3. The molecular weight excluding hydrogens is 498 g/mol. The number of thioether (sulfide) groups is 1. The predicted octanol–water partition coefficient (Wildman–Crippen LogP) is -0.159. The highest BCUT2D eigenvalue weighted by molar-refractivity contribution is 8.14. The van der Waals surface area contributed by atoms with Gasteiger partial charge in [-0.05, 0) is 12.1 Å². The first-order chi connectivity index (χ1) is 17.3. The van der Waals surface area contributed by atoms with E-state index in [9.17, 15) is 25.2 Å². The Kier molecular flexibility index (Phi) is 10.8. The Morgan fingerprint density at radius 1 is 1.19 bits per heavy atom. The molecule has 1 aromatic carbocycles. The third-order valence-corrected chi connectivity index (χ3v) is 7.06. The molecule has 0 saturated carbocycles. The van der Waals surface area contributed by atoms with Crippen molar-refractivity contribution in [1.29, 1.82) is 0 Å². The number of hydrogen-bond donors (Lipinski definition) is 5. The van der Waals surface area contributed by atoms with E-state index in [1.54, 1.807) is 19.1 Å². The number of carbonyl (C=O) groups is 1. The SMILES string of the molecule is COC1C(O)C(OCCOCCOc2ccc(C3=NC(C(=O)O)CS3)c(O)c2)OC(CO)C(C)C1O. The van der Waals surface area contributed by atoms with E-state index in [0.717, 1.165) is 0 Å². The van der Waals surface area contributed by atoms with Gasteiger partial charge in [-0.15, -0.1) is 11.8 Å². The van der Waals surface area contributed by atoms with Crippen LogP contribution in [-0.4, -0.2) is 119 Å². The maximum absolute atomic E-state index is 11.1. The van der Waals surface area contributed by atoms with E-state index < -0.39 is 48.6 Å². The maximum atomic E-state index is 11.1. The van der Waals surface area contributed by atoms with E-state index >= 15 is 0 Å². The predicted molar refractivity (Wildman–Crippen MR) is 129 cm³/mol. The lowest BCUT2D eigenvalue weighted by Crippen LogP contribution is -2.46. The van der Waals surface area contributed by atoms with Crippen molar-refractivity contribution in [2.24, 2.45) is 10.9 Å². The van der Waals surface area contributed by atoms with Crippen molar-refractivity contribution in [1.82, 2.24) is 0 Å². The summed E-state index contributed by atoms with van der Waals surface area (Å²) in [4.78, 5) is 15.2. The van der Waals surface area contributed by atoms with Crippen molar-refractivity contribution >= 4 is 22.8 Å². The minimum atomic E-state index is -1.26. The normalized spacial score (nSPS) is 30.6. The molecule has 202 valence electrons. The van der Waals surface area contributed by atoms with Crippen molar-refractivity contribution in [2.75, 3.05) is 45.9 Å². The molecule has 1 fully saturated rings. The average Bonchev–Trinajstić information content (AvgIpc) is 3.32. The number of phenols is 1. The van der Waals surface area contributed by atoms with Crippen LogP contribution in [0, 0.1) is 5.92 Å².